The van der Waals surface area contributed by atoms with Gasteiger partial charge in [-0.1, -0.05) is 58.4 Å². The fourth-order valence-corrected chi connectivity index (χ4v) is 3.78. The third-order valence-electron chi connectivity index (χ3n) is 3.97. The van der Waals surface area contributed by atoms with Crippen molar-refractivity contribution < 1.29 is 4.79 Å². The standard InChI is InChI=1S/C20H15BrN4OS/c21-16-8-6-15(7-9-16)18-12-25-17(13-27-20(25)23-18)10-19(26)24-22-11-14-4-2-1-3-5-14/h1-9,11-13H,10H2,(H,24,26)/b22-11+. The predicted octanol–water partition coefficient (Wildman–Crippen LogP) is 4.52. The van der Waals surface area contributed by atoms with Crippen molar-refractivity contribution in [2.45, 2.75) is 6.42 Å². The first-order valence-corrected chi connectivity index (χ1v) is 9.95. The average molecular weight is 439 g/mol. The molecule has 0 fully saturated rings. The monoisotopic (exact) mass is 438 g/mol. The van der Waals surface area contributed by atoms with Crippen LogP contribution in [0, 0.1) is 0 Å². The van der Waals surface area contributed by atoms with Crippen molar-refractivity contribution >= 4 is 44.3 Å². The molecule has 7 heteroatoms. The van der Waals surface area contributed by atoms with E-state index in [4.69, 9.17) is 0 Å². The number of amides is 1. The summed E-state index contributed by atoms with van der Waals surface area (Å²) in [7, 11) is 0. The van der Waals surface area contributed by atoms with Crippen molar-refractivity contribution in [1.82, 2.24) is 14.8 Å². The topological polar surface area (TPSA) is 58.8 Å². The fourth-order valence-electron chi connectivity index (χ4n) is 2.64. The number of benzene rings is 2. The molecule has 0 saturated heterocycles. The summed E-state index contributed by atoms with van der Waals surface area (Å²) in [4.78, 5) is 17.7. The number of nitrogens with one attached hydrogen (secondary N) is 1. The van der Waals surface area contributed by atoms with Gasteiger partial charge in [0.1, 0.15) is 0 Å². The minimum absolute atomic E-state index is 0.166. The van der Waals surface area contributed by atoms with Gasteiger partial charge in [0.15, 0.2) is 4.96 Å². The van der Waals surface area contributed by atoms with Crippen molar-refractivity contribution in [2.24, 2.45) is 5.10 Å². The van der Waals surface area contributed by atoms with E-state index in [1.54, 1.807) is 6.21 Å². The van der Waals surface area contributed by atoms with Crippen LogP contribution < -0.4 is 5.43 Å². The third kappa shape index (κ3) is 4.15. The quantitative estimate of drug-likeness (QED) is 0.367. The third-order valence-corrected chi connectivity index (χ3v) is 5.38. The molecule has 4 rings (SSSR count). The molecule has 27 heavy (non-hydrogen) atoms. The second kappa shape index (κ2) is 7.85. The van der Waals surface area contributed by atoms with Crippen LogP contribution >= 0.6 is 27.3 Å². The first kappa shape index (κ1) is 17.6. The van der Waals surface area contributed by atoms with Crippen LogP contribution in [0.2, 0.25) is 0 Å². The molecular weight excluding hydrogens is 424 g/mol. The van der Waals surface area contributed by atoms with E-state index < -0.39 is 0 Å². The highest BCUT2D eigenvalue weighted by Gasteiger charge is 2.12. The van der Waals surface area contributed by atoms with E-state index in [0.29, 0.717) is 0 Å². The number of carbonyl (C=O) groups is 1. The Hall–Kier alpha value is -2.77. The maximum atomic E-state index is 12.2. The summed E-state index contributed by atoms with van der Waals surface area (Å²) in [6, 6.07) is 17.6. The van der Waals surface area contributed by atoms with E-state index in [1.807, 2.05) is 70.6 Å². The summed E-state index contributed by atoms with van der Waals surface area (Å²) in [6.45, 7) is 0. The van der Waals surface area contributed by atoms with Crippen LogP contribution in [0.3, 0.4) is 0 Å². The first-order valence-electron chi connectivity index (χ1n) is 8.27. The van der Waals surface area contributed by atoms with Gasteiger partial charge in [0.2, 0.25) is 5.91 Å². The van der Waals surface area contributed by atoms with E-state index in [1.165, 1.54) is 11.3 Å². The van der Waals surface area contributed by atoms with Crippen molar-refractivity contribution in [3.63, 3.8) is 0 Å². The number of nitrogens with zero attached hydrogens (tertiary/aromatic N) is 3. The highest BCUT2D eigenvalue weighted by atomic mass is 79.9. The molecule has 1 N–H and O–H groups in total. The number of thiazole rings is 1. The Bertz CT molecular complexity index is 1100. The van der Waals surface area contributed by atoms with E-state index in [0.717, 1.165) is 31.9 Å². The van der Waals surface area contributed by atoms with Crippen molar-refractivity contribution in [2.75, 3.05) is 0 Å². The predicted molar refractivity (Wildman–Crippen MR) is 112 cm³/mol. The zero-order valence-electron chi connectivity index (χ0n) is 14.2. The molecule has 134 valence electrons. The molecule has 0 atom stereocenters. The Balaban J connectivity index is 1.46. The van der Waals surface area contributed by atoms with Crippen molar-refractivity contribution in [1.29, 1.82) is 0 Å². The molecule has 0 aliphatic rings. The van der Waals surface area contributed by atoms with Crippen LogP contribution in [-0.2, 0) is 11.2 Å². The van der Waals surface area contributed by atoms with Crippen LogP contribution in [0.4, 0.5) is 0 Å². The van der Waals surface area contributed by atoms with E-state index in [-0.39, 0.29) is 12.3 Å². The lowest BCUT2D eigenvalue weighted by molar-refractivity contribution is -0.120. The lowest BCUT2D eigenvalue weighted by Crippen LogP contribution is -2.20. The molecule has 2 heterocycles. The Labute approximate surface area is 168 Å². The van der Waals surface area contributed by atoms with Crippen molar-refractivity contribution in [3.8, 4) is 11.3 Å². The highest BCUT2D eigenvalue weighted by molar-refractivity contribution is 9.10. The Kier molecular flexibility index (Phi) is 5.13. The van der Waals surface area contributed by atoms with E-state index >= 15 is 0 Å². The fraction of sp³-hybridized carbons (Fsp3) is 0.0500. The summed E-state index contributed by atoms with van der Waals surface area (Å²) >= 11 is 4.96. The minimum atomic E-state index is -0.166. The number of imidazole rings is 1. The van der Waals surface area contributed by atoms with Crippen LogP contribution in [0.25, 0.3) is 16.2 Å². The second-order valence-corrected chi connectivity index (χ2v) is 7.65. The highest BCUT2D eigenvalue weighted by Crippen LogP contribution is 2.25. The maximum absolute atomic E-state index is 12.2. The molecule has 0 unspecified atom stereocenters. The summed E-state index contributed by atoms with van der Waals surface area (Å²) in [6.07, 6.45) is 3.83. The van der Waals surface area contributed by atoms with Gasteiger partial charge < -0.3 is 0 Å². The molecule has 5 nitrogen and oxygen atoms in total. The molecule has 0 spiro atoms. The maximum Gasteiger partial charge on any atom is 0.246 e. The van der Waals surface area contributed by atoms with Gasteiger partial charge >= 0.3 is 0 Å². The molecule has 2 aromatic carbocycles. The smallest absolute Gasteiger partial charge is 0.246 e. The van der Waals surface area contributed by atoms with Gasteiger partial charge in [0.05, 0.1) is 18.3 Å². The number of aromatic nitrogens is 2. The molecule has 0 aliphatic heterocycles. The average Bonchev–Trinajstić information content (AvgIpc) is 3.25. The lowest BCUT2D eigenvalue weighted by atomic mass is 10.2. The second-order valence-electron chi connectivity index (χ2n) is 5.89. The molecule has 1 amide bonds. The van der Waals surface area contributed by atoms with Crippen LogP contribution in [0.15, 0.2) is 75.7 Å². The lowest BCUT2D eigenvalue weighted by Gasteiger charge is -1.99. The number of hydrazone groups is 1. The molecule has 0 aliphatic carbocycles. The number of fused-ring (bicyclic) bond motifs is 1. The Morgan fingerprint density at radius 3 is 2.74 bits per heavy atom. The van der Waals surface area contributed by atoms with Crippen molar-refractivity contribution in [3.05, 3.63) is 81.9 Å². The number of hydrogen-bond donors (Lipinski definition) is 1. The van der Waals surface area contributed by atoms with Gasteiger partial charge in [-0.2, -0.15) is 5.10 Å². The number of carbonyl (C=O) groups excluding carboxylic acids is 1. The van der Waals surface area contributed by atoms with Gasteiger partial charge in [-0.05, 0) is 17.7 Å². The Morgan fingerprint density at radius 2 is 1.96 bits per heavy atom. The Morgan fingerprint density at radius 1 is 1.19 bits per heavy atom. The van der Waals surface area contributed by atoms with Gasteiger partial charge in [0, 0.05) is 27.3 Å². The van der Waals surface area contributed by atoms with Gasteiger partial charge in [-0.15, -0.1) is 11.3 Å². The molecule has 4 aromatic rings. The number of hydrogen-bond acceptors (Lipinski definition) is 4. The molecule has 0 saturated carbocycles. The zero-order chi connectivity index (χ0) is 18.6. The van der Waals surface area contributed by atoms with Crippen LogP contribution in [0.5, 0.6) is 0 Å². The minimum Gasteiger partial charge on any atom is -0.294 e. The molecule has 2 aromatic heterocycles. The van der Waals surface area contributed by atoms with E-state index in [9.17, 15) is 4.79 Å². The number of rotatable bonds is 5. The van der Waals surface area contributed by atoms with E-state index in [2.05, 4.69) is 31.4 Å². The zero-order valence-corrected chi connectivity index (χ0v) is 16.6. The summed E-state index contributed by atoms with van der Waals surface area (Å²) in [5.74, 6) is -0.166. The summed E-state index contributed by atoms with van der Waals surface area (Å²) < 4.78 is 2.99. The van der Waals surface area contributed by atoms with Crippen LogP contribution in [-0.4, -0.2) is 21.5 Å². The van der Waals surface area contributed by atoms with Gasteiger partial charge in [-0.3, -0.25) is 9.20 Å². The molecule has 0 radical (unpaired) electrons. The van der Waals surface area contributed by atoms with Gasteiger partial charge in [0.25, 0.3) is 0 Å². The first-order chi connectivity index (χ1) is 13.2. The molecular formula is C20H15BrN4OS. The summed E-state index contributed by atoms with van der Waals surface area (Å²) in [5.41, 5.74) is 6.32. The summed E-state index contributed by atoms with van der Waals surface area (Å²) in [5, 5.41) is 5.97. The SMILES string of the molecule is O=C(Cc1csc2nc(-c3ccc(Br)cc3)cn12)N/N=C/c1ccccc1. The van der Waals surface area contributed by atoms with Crippen LogP contribution in [0.1, 0.15) is 11.3 Å². The number of halogens is 1. The molecule has 0 bridgehead atoms. The largest absolute Gasteiger partial charge is 0.294 e. The van der Waals surface area contributed by atoms with Gasteiger partial charge in [-0.25, -0.2) is 10.4 Å². The normalized spacial score (nSPS) is 11.3.